The highest BCUT2D eigenvalue weighted by molar-refractivity contribution is 5.76. The van der Waals surface area contributed by atoms with Gasteiger partial charge in [-0.1, -0.05) is 18.2 Å². The predicted molar refractivity (Wildman–Crippen MR) is 85.6 cm³/mol. The molecule has 1 amide bonds. The Morgan fingerprint density at radius 1 is 1.41 bits per heavy atom. The fourth-order valence-corrected chi connectivity index (χ4v) is 3.00. The van der Waals surface area contributed by atoms with Crippen molar-refractivity contribution in [2.24, 2.45) is 5.92 Å². The van der Waals surface area contributed by atoms with Crippen molar-refractivity contribution < 1.29 is 9.53 Å². The Morgan fingerprint density at radius 2 is 2.27 bits per heavy atom. The Morgan fingerprint density at radius 3 is 3.05 bits per heavy atom. The first-order chi connectivity index (χ1) is 10.8. The number of carbonyl (C=O) groups excluding carboxylic acids is 1. The molecule has 1 unspecified atom stereocenters. The number of allylic oxidation sites excluding steroid dienone is 2. The standard InChI is InChI=1S/C17H23N3O2/c21-16(12-14-4-1-2-5-14)19-13-15-6-3-7-18-17(15)20-8-10-22-11-9-20/h1,3-4,6-7,14H,2,5,8-13H2,(H,19,21). The number of hydrogen-bond acceptors (Lipinski definition) is 4. The number of hydrogen-bond donors (Lipinski definition) is 1. The van der Waals surface area contributed by atoms with Crippen molar-refractivity contribution in [2.45, 2.75) is 25.8 Å². The minimum atomic E-state index is 0.119. The summed E-state index contributed by atoms with van der Waals surface area (Å²) in [6.45, 7) is 3.71. The van der Waals surface area contributed by atoms with E-state index in [2.05, 4.69) is 27.4 Å². The lowest BCUT2D eigenvalue weighted by molar-refractivity contribution is -0.121. The van der Waals surface area contributed by atoms with Crippen LogP contribution in [0.5, 0.6) is 0 Å². The van der Waals surface area contributed by atoms with Gasteiger partial charge in [0.25, 0.3) is 0 Å². The fraction of sp³-hybridized carbons (Fsp3) is 0.529. The number of rotatable bonds is 5. The number of aromatic nitrogens is 1. The molecular formula is C17H23N3O2. The van der Waals surface area contributed by atoms with Gasteiger partial charge < -0.3 is 15.0 Å². The Bertz CT molecular complexity index is 538. The molecule has 1 aromatic heterocycles. The molecule has 1 atom stereocenters. The number of ether oxygens (including phenoxy) is 1. The number of amides is 1. The highest BCUT2D eigenvalue weighted by Crippen LogP contribution is 2.21. The Labute approximate surface area is 131 Å². The largest absolute Gasteiger partial charge is 0.378 e. The normalized spacial score (nSPS) is 21.1. The third-order valence-electron chi connectivity index (χ3n) is 4.21. The van der Waals surface area contributed by atoms with Crippen LogP contribution in [0.4, 0.5) is 5.82 Å². The van der Waals surface area contributed by atoms with Crippen molar-refractivity contribution in [1.82, 2.24) is 10.3 Å². The second-order valence-electron chi connectivity index (χ2n) is 5.83. The monoisotopic (exact) mass is 301 g/mol. The van der Waals surface area contributed by atoms with E-state index in [1.54, 1.807) is 6.20 Å². The smallest absolute Gasteiger partial charge is 0.220 e. The average molecular weight is 301 g/mol. The van der Waals surface area contributed by atoms with E-state index in [4.69, 9.17) is 4.74 Å². The molecule has 0 radical (unpaired) electrons. The zero-order chi connectivity index (χ0) is 15.2. The van der Waals surface area contributed by atoms with E-state index in [1.165, 1.54) is 0 Å². The molecule has 1 fully saturated rings. The van der Waals surface area contributed by atoms with Crippen LogP contribution in [0, 0.1) is 5.92 Å². The van der Waals surface area contributed by atoms with Gasteiger partial charge in [0.1, 0.15) is 5.82 Å². The van der Waals surface area contributed by atoms with E-state index in [0.717, 1.165) is 50.5 Å². The van der Waals surface area contributed by atoms with Gasteiger partial charge in [-0.3, -0.25) is 4.79 Å². The maximum Gasteiger partial charge on any atom is 0.220 e. The van der Waals surface area contributed by atoms with Crippen molar-refractivity contribution >= 4 is 11.7 Å². The number of anilines is 1. The summed E-state index contributed by atoms with van der Waals surface area (Å²) < 4.78 is 5.39. The zero-order valence-corrected chi connectivity index (χ0v) is 12.8. The lowest BCUT2D eigenvalue weighted by atomic mass is 10.1. The number of nitrogens with one attached hydrogen (secondary N) is 1. The zero-order valence-electron chi connectivity index (χ0n) is 12.8. The number of pyridine rings is 1. The summed E-state index contributed by atoms with van der Waals surface area (Å²) in [5.41, 5.74) is 1.07. The molecule has 5 nitrogen and oxygen atoms in total. The first-order valence-corrected chi connectivity index (χ1v) is 8.03. The molecule has 0 bridgehead atoms. The minimum absolute atomic E-state index is 0.119. The third-order valence-corrected chi connectivity index (χ3v) is 4.21. The van der Waals surface area contributed by atoms with E-state index in [1.807, 2.05) is 12.1 Å². The molecule has 2 aliphatic rings. The van der Waals surface area contributed by atoms with Gasteiger partial charge in [-0.25, -0.2) is 4.98 Å². The molecule has 5 heteroatoms. The molecule has 0 saturated carbocycles. The van der Waals surface area contributed by atoms with Gasteiger partial charge in [0.2, 0.25) is 5.91 Å². The van der Waals surface area contributed by atoms with Crippen molar-refractivity contribution in [3.63, 3.8) is 0 Å². The van der Waals surface area contributed by atoms with Crippen molar-refractivity contribution in [2.75, 3.05) is 31.2 Å². The minimum Gasteiger partial charge on any atom is -0.378 e. The molecule has 3 rings (SSSR count). The molecule has 0 spiro atoms. The summed E-state index contributed by atoms with van der Waals surface area (Å²) in [5.74, 6) is 1.49. The molecule has 0 aromatic carbocycles. The van der Waals surface area contributed by atoms with Crippen LogP contribution < -0.4 is 10.2 Å². The third kappa shape index (κ3) is 3.85. The number of nitrogens with zero attached hydrogens (tertiary/aromatic N) is 2. The lowest BCUT2D eigenvalue weighted by Gasteiger charge is -2.29. The number of carbonyl (C=O) groups is 1. The van der Waals surface area contributed by atoms with Crippen LogP contribution in [0.2, 0.25) is 0 Å². The van der Waals surface area contributed by atoms with E-state index < -0.39 is 0 Å². The second kappa shape index (κ2) is 7.40. The van der Waals surface area contributed by atoms with E-state index in [0.29, 0.717) is 18.9 Å². The van der Waals surface area contributed by atoms with E-state index >= 15 is 0 Å². The van der Waals surface area contributed by atoms with Gasteiger partial charge >= 0.3 is 0 Å². The Kier molecular flexibility index (Phi) is 5.06. The summed E-state index contributed by atoms with van der Waals surface area (Å²) in [5, 5.41) is 3.03. The summed E-state index contributed by atoms with van der Waals surface area (Å²) in [4.78, 5) is 18.8. The molecule has 1 aromatic rings. The summed E-state index contributed by atoms with van der Waals surface area (Å²) >= 11 is 0. The van der Waals surface area contributed by atoms with Gasteiger partial charge in [-0.05, 0) is 24.8 Å². The molecule has 1 aliphatic heterocycles. The molecule has 118 valence electrons. The Hall–Kier alpha value is -1.88. The first-order valence-electron chi connectivity index (χ1n) is 8.03. The fourth-order valence-electron chi connectivity index (χ4n) is 3.00. The molecule has 1 N–H and O–H groups in total. The van der Waals surface area contributed by atoms with Crippen LogP contribution in [0.1, 0.15) is 24.8 Å². The highest BCUT2D eigenvalue weighted by atomic mass is 16.5. The van der Waals surface area contributed by atoms with Crippen molar-refractivity contribution in [1.29, 1.82) is 0 Å². The van der Waals surface area contributed by atoms with Crippen LogP contribution in [0.15, 0.2) is 30.5 Å². The van der Waals surface area contributed by atoms with Crippen LogP contribution in [-0.4, -0.2) is 37.2 Å². The van der Waals surface area contributed by atoms with Crippen LogP contribution in [0.3, 0.4) is 0 Å². The molecule has 2 heterocycles. The molecule has 1 aliphatic carbocycles. The summed E-state index contributed by atoms with van der Waals surface area (Å²) in [6.07, 6.45) is 8.91. The topological polar surface area (TPSA) is 54.5 Å². The maximum absolute atomic E-state index is 12.1. The highest BCUT2D eigenvalue weighted by Gasteiger charge is 2.17. The molecular weight excluding hydrogens is 278 g/mol. The van der Waals surface area contributed by atoms with Gasteiger partial charge in [0.05, 0.1) is 13.2 Å². The second-order valence-corrected chi connectivity index (χ2v) is 5.83. The SMILES string of the molecule is O=C(CC1C=CCC1)NCc1cccnc1N1CCOCC1. The van der Waals surface area contributed by atoms with Crippen molar-refractivity contribution in [3.05, 3.63) is 36.0 Å². The summed E-state index contributed by atoms with van der Waals surface area (Å²) in [7, 11) is 0. The molecule has 1 saturated heterocycles. The first kappa shape index (κ1) is 15.0. The van der Waals surface area contributed by atoms with Gasteiger partial charge in [0.15, 0.2) is 0 Å². The summed E-state index contributed by atoms with van der Waals surface area (Å²) in [6, 6.07) is 3.96. The average Bonchev–Trinajstić information content (AvgIpc) is 3.07. The lowest BCUT2D eigenvalue weighted by Crippen LogP contribution is -2.38. The quantitative estimate of drug-likeness (QED) is 0.844. The van der Waals surface area contributed by atoms with Gasteiger partial charge in [-0.15, -0.1) is 0 Å². The van der Waals surface area contributed by atoms with Crippen LogP contribution in [0.25, 0.3) is 0 Å². The number of morpholine rings is 1. The van der Waals surface area contributed by atoms with E-state index in [9.17, 15) is 4.79 Å². The van der Waals surface area contributed by atoms with Crippen LogP contribution in [-0.2, 0) is 16.1 Å². The van der Waals surface area contributed by atoms with Crippen LogP contribution >= 0.6 is 0 Å². The van der Waals surface area contributed by atoms with Crippen molar-refractivity contribution in [3.8, 4) is 0 Å². The van der Waals surface area contributed by atoms with E-state index in [-0.39, 0.29) is 5.91 Å². The maximum atomic E-state index is 12.1. The Balaban J connectivity index is 1.57. The van der Waals surface area contributed by atoms with Gasteiger partial charge in [0, 0.05) is 37.8 Å². The van der Waals surface area contributed by atoms with Gasteiger partial charge in [-0.2, -0.15) is 0 Å². The molecule has 22 heavy (non-hydrogen) atoms. The predicted octanol–water partition coefficient (Wildman–Crippen LogP) is 1.89.